The highest BCUT2D eigenvalue weighted by Crippen LogP contribution is 2.60. The van der Waals surface area contributed by atoms with Gasteiger partial charge in [-0.2, -0.15) is 17.6 Å². The zero-order valence-electron chi connectivity index (χ0n) is 14.8. The third kappa shape index (κ3) is 3.88. The summed E-state index contributed by atoms with van der Waals surface area (Å²) >= 11 is 0. The van der Waals surface area contributed by atoms with Crippen molar-refractivity contribution in [2.75, 3.05) is 13.2 Å². The molecule has 0 amide bonds. The summed E-state index contributed by atoms with van der Waals surface area (Å²) in [6, 6.07) is 0. The van der Waals surface area contributed by atoms with E-state index in [4.69, 9.17) is 4.74 Å². The van der Waals surface area contributed by atoms with E-state index >= 15 is 0 Å². The molecule has 0 saturated heterocycles. The lowest BCUT2D eigenvalue weighted by Gasteiger charge is -2.55. The predicted molar refractivity (Wildman–Crippen MR) is 83.1 cm³/mol. The van der Waals surface area contributed by atoms with Crippen LogP contribution in [0, 0.1) is 23.2 Å². The third-order valence-electron chi connectivity index (χ3n) is 5.99. The maximum absolute atomic E-state index is 13.2. The maximum atomic E-state index is 13.2. The molecule has 4 saturated carbocycles. The van der Waals surface area contributed by atoms with Gasteiger partial charge >= 0.3 is 17.3 Å². The van der Waals surface area contributed by atoms with Crippen molar-refractivity contribution in [1.29, 1.82) is 0 Å². The van der Waals surface area contributed by atoms with Gasteiger partial charge in [0, 0.05) is 0 Å². The molecule has 0 aromatic carbocycles. The van der Waals surface area contributed by atoms with Gasteiger partial charge in [-0.15, -0.1) is 0 Å². The molecule has 0 heterocycles. The van der Waals surface area contributed by atoms with Crippen molar-refractivity contribution >= 4 is 16.1 Å². The number of aliphatic hydroxyl groups excluding tert-OH is 1. The van der Waals surface area contributed by atoms with Crippen LogP contribution in [-0.4, -0.2) is 54.7 Å². The van der Waals surface area contributed by atoms with Crippen LogP contribution in [0.4, 0.5) is 17.6 Å². The van der Waals surface area contributed by atoms with Gasteiger partial charge in [0.2, 0.25) is 0 Å². The fraction of sp³-hybridized carbons (Fsp3) is 0.938. The van der Waals surface area contributed by atoms with Crippen molar-refractivity contribution in [3.05, 3.63) is 0 Å². The van der Waals surface area contributed by atoms with Crippen LogP contribution in [0.25, 0.3) is 0 Å². The first-order valence-electron chi connectivity index (χ1n) is 8.96. The summed E-state index contributed by atoms with van der Waals surface area (Å²) in [4.78, 5) is 12.5. The monoisotopic (exact) mass is 433 g/mol. The van der Waals surface area contributed by atoms with E-state index in [1.54, 1.807) is 0 Å². The van der Waals surface area contributed by atoms with Gasteiger partial charge in [-0.3, -0.25) is 4.79 Å². The number of esters is 1. The molecular formula is C16H21F4O7S-. The summed E-state index contributed by atoms with van der Waals surface area (Å²) in [5.74, 6) is 0.788. The van der Waals surface area contributed by atoms with Crippen molar-refractivity contribution in [3.8, 4) is 0 Å². The van der Waals surface area contributed by atoms with E-state index in [0.29, 0.717) is 37.0 Å². The van der Waals surface area contributed by atoms with Gasteiger partial charge in [-0.1, -0.05) is 0 Å². The number of carbonyl (C=O) groups is 1. The Labute approximate surface area is 159 Å². The number of aliphatic hydroxyl groups is 1. The number of carbonyl (C=O) groups excluding carboxylic acids is 1. The Morgan fingerprint density at radius 3 is 1.96 bits per heavy atom. The minimum absolute atomic E-state index is 0.446. The van der Waals surface area contributed by atoms with Crippen LogP contribution in [-0.2, 0) is 24.4 Å². The van der Waals surface area contributed by atoms with Crippen LogP contribution >= 0.6 is 0 Å². The Hall–Kier alpha value is -0.980. The Kier molecular flexibility index (Phi) is 5.48. The number of hydrogen-bond acceptors (Lipinski definition) is 7. The van der Waals surface area contributed by atoms with E-state index in [1.807, 2.05) is 0 Å². The zero-order valence-corrected chi connectivity index (χ0v) is 15.6. The molecular weight excluding hydrogens is 412 g/mol. The van der Waals surface area contributed by atoms with Gasteiger partial charge in [-0.25, -0.2) is 8.42 Å². The molecule has 4 aliphatic carbocycles. The van der Waals surface area contributed by atoms with Crippen LogP contribution in [0.15, 0.2) is 0 Å². The van der Waals surface area contributed by atoms with E-state index in [1.165, 1.54) is 0 Å². The first kappa shape index (κ1) is 21.7. The molecule has 4 fully saturated rings. The molecule has 0 aliphatic heterocycles. The second-order valence-corrected chi connectivity index (χ2v) is 9.67. The van der Waals surface area contributed by atoms with Crippen LogP contribution in [0.1, 0.15) is 38.5 Å². The van der Waals surface area contributed by atoms with Crippen LogP contribution < -0.4 is 0 Å². The second kappa shape index (κ2) is 7.06. The van der Waals surface area contributed by atoms with E-state index in [-0.39, 0.29) is 0 Å². The topological polar surface area (TPSA) is 113 Å². The highest BCUT2D eigenvalue weighted by Gasteiger charge is 2.63. The molecule has 4 rings (SSSR count). The molecule has 0 spiro atoms. The minimum atomic E-state index is -6.68. The molecule has 4 aliphatic rings. The SMILES string of the molecule is O=C(OCC(O)COC(F)(F)C(F)(F)S(=O)(=O)[O-])C12CC3CC(CC(C3)C1)C2. The third-order valence-corrected chi connectivity index (χ3v) is 6.85. The first-order chi connectivity index (χ1) is 12.8. The molecule has 28 heavy (non-hydrogen) atoms. The summed E-state index contributed by atoms with van der Waals surface area (Å²) in [5, 5.41) is 3.60. The predicted octanol–water partition coefficient (Wildman–Crippen LogP) is 1.85. The number of ether oxygens (including phenoxy) is 2. The van der Waals surface area contributed by atoms with E-state index in [9.17, 15) is 40.4 Å². The normalized spacial score (nSPS) is 33.7. The molecule has 1 unspecified atom stereocenters. The van der Waals surface area contributed by atoms with E-state index < -0.39 is 52.2 Å². The number of rotatable bonds is 8. The fourth-order valence-corrected chi connectivity index (χ4v) is 5.51. The van der Waals surface area contributed by atoms with Crippen molar-refractivity contribution in [2.24, 2.45) is 23.2 Å². The Morgan fingerprint density at radius 1 is 1.07 bits per heavy atom. The zero-order chi connectivity index (χ0) is 21.0. The van der Waals surface area contributed by atoms with Gasteiger partial charge < -0.3 is 19.1 Å². The molecule has 7 nitrogen and oxygen atoms in total. The molecule has 0 radical (unpaired) electrons. The highest BCUT2D eigenvalue weighted by molar-refractivity contribution is 7.86. The fourth-order valence-electron chi connectivity index (χ4n) is 5.16. The van der Waals surface area contributed by atoms with E-state index in [2.05, 4.69) is 4.74 Å². The molecule has 0 aromatic heterocycles. The quantitative estimate of drug-likeness (QED) is 0.353. The summed E-state index contributed by atoms with van der Waals surface area (Å²) in [6.45, 7) is -2.22. The summed E-state index contributed by atoms with van der Waals surface area (Å²) in [6.07, 6.45) is -2.27. The maximum Gasteiger partial charge on any atom is 0.433 e. The van der Waals surface area contributed by atoms with Crippen LogP contribution in [0.3, 0.4) is 0 Å². The molecule has 0 aromatic rings. The first-order valence-corrected chi connectivity index (χ1v) is 10.4. The Bertz CT molecular complexity index is 689. The largest absolute Gasteiger partial charge is 0.743 e. The Balaban J connectivity index is 1.51. The van der Waals surface area contributed by atoms with Gasteiger partial charge in [0.1, 0.15) is 12.7 Å². The summed E-state index contributed by atoms with van der Waals surface area (Å²) in [5.41, 5.74) is -0.650. The molecule has 4 bridgehead atoms. The lowest BCUT2D eigenvalue weighted by Crippen LogP contribution is -2.51. The van der Waals surface area contributed by atoms with E-state index in [0.717, 1.165) is 19.3 Å². The molecule has 1 N–H and O–H groups in total. The highest BCUT2D eigenvalue weighted by atomic mass is 32.2. The smallest absolute Gasteiger partial charge is 0.433 e. The van der Waals surface area contributed by atoms with Crippen molar-refractivity contribution in [2.45, 2.75) is 56.0 Å². The number of alkyl halides is 4. The van der Waals surface area contributed by atoms with Gasteiger partial charge in [0.25, 0.3) is 0 Å². The van der Waals surface area contributed by atoms with Gasteiger partial charge in [0.15, 0.2) is 10.1 Å². The number of hydrogen-bond donors (Lipinski definition) is 1. The lowest BCUT2D eigenvalue weighted by atomic mass is 9.49. The minimum Gasteiger partial charge on any atom is -0.743 e. The average Bonchev–Trinajstić information content (AvgIpc) is 2.55. The van der Waals surface area contributed by atoms with Crippen molar-refractivity contribution in [3.63, 3.8) is 0 Å². The van der Waals surface area contributed by atoms with Crippen molar-refractivity contribution in [1.82, 2.24) is 0 Å². The second-order valence-electron chi connectivity index (χ2n) is 8.25. The average molecular weight is 433 g/mol. The van der Waals surface area contributed by atoms with Gasteiger partial charge in [0.05, 0.1) is 12.0 Å². The standard InChI is InChI=1S/C16H22F4O7S/c17-15(18,16(19,20)28(23,24)25)27-8-12(21)7-26-13(22)14-4-9-1-10(5-14)3-11(2-9)6-14/h9-12,21H,1-8H2,(H,23,24,25)/p-1. The number of halogens is 4. The molecule has 1 atom stereocenters. The molecule has 12 heteroatoms. The Morgan fingerprint density at radius 2 is 1.54 bits per heavy atom. The summed E-state index contributed by atoms with van der Waals surface area (Å²) < 4.78 is 91.6. The van der Waals surface area contributed by atoms with Crippen LogP contribution in [0.5, 0.6) is 0 Å². The van der Waals surface area contributed by atoms with Gasteiger partial charge in [-0.05, 0) is 56.3 Å². The lowest BCUT2D eigenvalue weighted by molar-refractivity contribution is -0.324. The molecule has 162 valence electrons. The van der Waals surface area contributed by atoms with Crippen molar-refractivity contribution < 1.29 is 49.9 Å². The summed E-state index contributed by atoms with van der Waals surface area (Å²) in [7, 11) is -6.68. The van der Waals surface area contributed by atoms with Crippen LogP contribution in [0.2, 0.25) is 0 Å².